The SMILES string of the molecule is COc1cc(C(=O)Nc2nnc(SCc3cccs3)s2)ccc1OCC(=O)NC(C)C. The largest absolute Gasteiger partial charge is 0.493 e. The summed E-state index contributed by atoms with van der Waals surface area (Å²) < 4.78 is 11.6. The molecule has 0 bridgehead atoms. The van der Waals surface area contributed by atoms with Crippen molar-refractivity contribution in [3.8, 4) is 11.5 Å². The fourth-order valence-corrected chi connectivity index (χ4v) is 4.97. The van der Waals surface area contributed by atoms with Gasteiger partial charge in [0.05, 0.1) is 7.11 Å². The second-order valence-corrected chi connectivity index (χ2v) is 9.80. The fraction of sp³-hybridized carbons (Fsp3) is 0.300. The molecule has 0 aliphatic heterocycles. The van der Waals surface area contributed by atoms with Crippen molar-refractivity contribution in [2.45, 2.75) is 30.0 Å². The van der Waals surface area contributed by atoms with Gasteiger partial charge in [0.25, 0.3) is 11.8 Å². The Bertz CT molecular complexity index is 1020. The summed E-state index contributed by atoms with van der Waals surface area (Å²) in [5.74, 6) is 0.973. The lowest BCUT2D eigenvalue weighted by Gasteiger charge is -2.13. The maximum Gasteiger partial charge on any atom is 0.258 e. The number of hydrogen-bond acceptors (Lipinski definition) is 9. The van der Waals surface area contributed by atoms with Gasteiger partial charge in [0.2, 0.25) is 5.13 Å². The molecular formula is C20H22N4O4S3. The molecule has 3 aromatic rings. The van der Waals surface area contributed by atoms with Crippen LogP contribution in [0.25, 0.3) is 0 Å². The maximum absolute atomic E-state index is 12.6. The first-order valence-electron chi connectivity index (χ1n) is 9.35. The van der Waals surface area contributed by atoms with E-state index in [-0.39, 0.29) is 24.5 Å². The highest BCUT2D eigenvalue weighted by atomic mass is 32.2. The molecule has 3 rings (SSSR count). The van der Waals surface area contributed by atoms with Crippen LogP contribution < -0.4 is 20.1 Å². The van der Waals surface area contributed by atoms with E-state index in [1.54, 1.807) is 41.3 Å². The Morgan fingerprint density at radius 1 is 1.19 bits per heavy atom. The molecule has 164 valence electrons. The Morgan fingerprint density at radius 2 is 2.03 bits per heavy atom. The smallest absolute Gasteiger partial charge is 0.258 e. The number of ether oxygens (including phenoxy) is 2. The van der Waals surface area contributed by atoms with Crippen LogP contribution in [-0.4, -0.2) is 41.8 Å². The minimum absolute atomic E-state index is 0.0269. The zero-order valence-corrected chi connectivity index (χ0v) is 19.7. The van der Waals surface area contributed by atoms with Crippen LogP contribution in [0.4, 0.5) is 5.13 Å². The van der Waals surface area contributed by atoms with Crippen LogP contribution >= 0.6 is 34.4 Å². The number of methoxy groups -OCH3 is 1. The second-order valence-electron chi connectivity index (χ2n) is 6.57. The Kier molecular flexibility index (Phi) is 8.27. The van der Waals surface area contributed by atoms with Gasteiger partial charge in [-0.25, -0.2) is 0 Å². The molecule has 0 spiro atoms. The molecule has 0 radical (unpaired) electrons. The normalized spacial score (nSPS) is 10.7. The number of anilines is 1. The molecule has 2 N–H and O–H groups in total. The summed E-state index contributed by atoms with van der Waals surface area (Å²) >= 11 is 4.59. The minimum atomic E-state index is -0.339. The third-order valence-electron chi connectivity index (χ3n) is 3.78. The van der Waals surface area contributed by atoms with Crippen molar-refractivity contribution in [2.24, 2.45) is 0 Å². The van der Waals surface area contributed by atoms with Gasteiger partial charge in [-0.15, -0.1) is 21.5 Å². The molecule has 0 fully saturated rings. The van der Waals surface area contributed by atoms with Gasteiger partial charge in [-0.05, 0) is 43.5 Å². The number of nitrogens with one attached hydrogen (secondary N) is 2. The van der Waals surface area contributed by atoms with Gasteiger partial charge >= 0.3 is 0 Å². The van der Waals surface area contributed by atoms with E-state index in [0.717, 1.165) is 10.1 Å². The van der Waals surface area contributed by atoms with Crippen molar-refractivity contribution in [3.05, 3.63) is 46.2 Å². The molecule has 0 atom stereocenters. The van der Waals surface area contributed by atoms with Gasteiger partial charge < -0.3 is 14.8 Å². The van der Waals surface area contributed by atoms with E-state index in [4.69, 9.17) is 9.47 Å². The first-order valence-corrected chi connectivity index (χ1v) is 12.0. The molecule has 0 unspecified atom stereocenters. The highest BCUT2D eigenvalue weighted by Crippen LogP contribution is 2.31. The summed E-state index contributed by atoms with van der Waals surface area (Å²) in [7, 11) is 1.47. The number of carbonyl (C=O) groups excluding carboxylic acids is 2. The average molecular weight is 479 g/mol. The number of aromatic nitrogens is 2. The van der Waals surface area contributed by atoms with Crippen LogP contribution in [-0.2, 0) is 10.5 Å². The van der Waals surface area contributed by atoms with Crippen LogP contribution in [0.1, 0.15) is 29.1 Å². The van der Waals surface area contributed by atoms with Crippen LogP contribution in [0.2, 0.25) is 0 Å². The van der Waals surface area contributed by atoms with E-state index in [1.165, 1.54) is 23.3 Å². The quantitative estimate of drug-likeness (QED) is 0.335. The molecule has 0 saturated heterocycles. The summed E-state index contributed by atoms with van der Waals surface area (Å²) in [6, 6.07) is 8.85. The minimum Gasteiger partial charge on any atom is -0.493 e. The summed E-state index contributed by atoms with van der Waals surface area (Å²) in [5, 5.41) is 16.1. The number of nitrogens with zero attached hydrogens (tertiary/aromatic N) is 2. The van der Waals surface area contributed by atoms with Gasteiger partial charge in [0.1, 0.15) is 0 Å². The average Bonchev–Trinajstić information content (AvgIpc) is 3.42. The number of hydrogen-bond donors (Lipinski definition) is 2. The molecule has 0 saturated carbocycles. The number of amides is 2. The maximum atomic E-state index is 12.6. The van der Waals surface area contributed by atoms with Crippen LogP contribution in [0.5, 0.6) is 11.5 Å². The van der Waals surface area contributed by atoms with E-state index >= 15 is 0 Å². The predicted molar refractivity (Wildman–Crippen MR) is 124 cm³/mol. The predicted octanol–water partition coefficient (Wildman–Crippen LogP) is 4.06. The van der Waals surface area contributed by atoms with Crippen LogP contribution in [0, 0.1) is 0 Å². The van der Waals surface area contributed by atoms with Crippen molar-refractivity contribution in [3.63, 3.8) is 0 Å². The van der Waals surface area contributed by atoms with E-state index in [1.807, 2.05) is 25.3 Å². The molecule has 11 heteroatoms. The molecule has 31 heavy (non-hydrogen) atoms. The van der Waals surface area contributed by atoms with Crippen LogP contribution in [0.15, 0.2) is 40.1 Å². The monoisotopic (exact) mass is 478 g/mol. The van der Waals surface area contributed by atoms with E-state index in [2.05, 4.69) is 26.9 Å². The summed E-state index contributed by atoms with van der Waals surface area (Å²) in [6.07, 6.45) is 0. The van der Waals surface area contributed by atoms with Gasteiger partial charge in [0, 0.05) is 22.2 Å². The lowest BCUT2D eigenvalue weighted by Crippen LogP contribution is -2.34. The van der Waals surface area contributed by atoms with Gasteiger partial charge in [0.15, 0.2) is 22.4 Å². The van der Waals surface area contributed by atoms with Gasteiger partial charge in [-0.2, -0.15) is 0 Å². The summed E-state index contributed by atoms with van der Waals surface area (Å²) in [4.78, 5) is 25.6. The van der Waals surface area contributed by atoms with Crippen molar-refractivity contribution in [2.75, 3.05) is 19.0 Å². The summed E-state index contributed by atoms with van der Waals surface area (Å²) in [6.45, 7) is 3.60. The fourth-order valence-electron chi connectivity index (χ4n) is 2.45. The van der Waals surface area contributed by atoms with Crippen LogP contribution in [0.3, 0.4) is 0 Å². The van der Waals surface area contributed by atoms with E-state index in [9.17, 15) is 9.59 Å². The molecule has 2 amide bonds. The third kappa shape index (κ3) is 6.94. The van der Waals surface area contributed by atoms with Crippen molar-refractivity contribution < 1.29 is 19.1 Å². The molecule has 8 nitrogen and oxygen atoms in total. The Hall–Kier alpha value is -2.63. The number of rotatable bonds is 10. The molecule has 0 aliphatic rings. The summed E-state index contributed by atoms with van der Waals surface area (Å²) in [5.41, 5.74) is 0.374. The lowest BCUT2D eigenvalue weighted by atomic mass is 10.2. The van der Waals surface area contributed by atoms with Crippen molar-refractivity contribution in [1.82, 2.24) is 15.5 Å². The lowest BCUT2D eigenvalue weighted by molar-refractivity contribution is -0.123. The standard InChI is InChI=1S/C20H22N4O4S3/c1-12(2)21-17(25)10-28-15-7-6-13(9-16(15)27-3)18(26)22-19-23-24-20(31-19)30-11-14-5-4-8-29-14/h4-9,12H,10-11H2,1-3H3,(H,21,25)(H,22,23,26). The number of carbonyl (C=O) groups is 2. The molecule has 2 heterocycles. The molecule has 2 aromatic heterocycles. The molecular weight excluding hydrogens is 456 g/mol. The Labute approximate surface area is 192 Å². The number of thioether (sulfide) groups is 1. The highest BCUT2D eigenvalue weighted by molar-refractivity contribution is 8.00. The molecule has 1 aromatic carbocycles. The zero-order valence-electron chi connectivity index (χ0n) is 17.2. The number of benzene rings is 1. The first-order chi connectivity index (χ1) is 14.9. The highest BCUT2D eigenvalue weighted by Gasteiger charge is 2.15. The van der Waals surface area contributed by atoms with Crippen molar-refractivity contribution >= 4 is 51.4 Å². The topological polar surface area (TPSA) is 102 Å². The van der Waals surface area contributed by atoms with Gasteiger partial charge in [-0.1, -0.05) is 29.2 Å². The second kappa shape index (κ2) is 11.1. The molecule has 0 aliphatic carbocycles. The Morgan fingerprint density at radius 3 is 2.74 bits per heavy atom. The van der Waals surface area contributed by atoms with E-state index in [0.29, 0.717) is 22.2 Å². The number of thiophene rings is 1. The Balaban J connectivity index is 1.58. The zero-order chi connectivity index (χ0) is 22.2. The van der Waals surface area contributed by atoms with Crippen molar-refractivity contribution in [1.29, 1.82) is 0 Å². The van der Waals surface area contributed by atoms with E-state index < -0.39 is 0 Å². The first kappa shape index (κ1) is 23.0. The van der Waals surface area contributed by atoms with Gasteiger partial charge in [-0.3, -0.25) is 14.9 Å². The third-order valence-corrected chi connectivity index (χ3v) is 6.86.